The van der Waals surface area contributed by atoms with Gasteiger partial charge in [-0.15, -0.1) is 0 Å². The van der Waals surface area contributed by atoms with E-state index < -0.39 is 0 Å². The molecule has 0 saturated carbocycles. The van der Waals surface area contributed by atoms with Crippen LogP contribution in [0, 0.1) is 69.2 Å². The molecule has 0 atom stereocenters. The summed E-state index contributed by atoms with van der Waals surface area (Å²) in [5.41, 5.74) is 37.6. The van der Waals surface area contributed by atoms with Gasteiger partial charge in [-0.25, -0.2) is 0 Å². The maximum Gasteiger partial charge on any atom is 0.135 e. The number of nitrogens with zero attached hydrogens (tertiary/aromatic N) is 2. The Morgan fingerprint density at radius 3 is 0.815 bits per heavy atom. The zero-order chi connectivity index (χ0) is 62.5. The van der Waals surface area contributed by atoms with Crippen molar-refractivity contribution in [2.45, 2.75) is 69.2 Å². The molecule has 0 spiro atoms. The standard InChI is InChI=1S/C88H68N2O2/c1-49-36-55(7)87(56(8)37-49)65-22-30-71-69-28-20-63(85-51(3)14-11-15-52(85)4)43-77(69)89(79(71)45-65)67-26-34-83-75(47-67)73-41-61(24-32-81(73)91-83)59-18-13-19-60(40-59)62-25-33-82-74(42-62)76-48-68(27-35-84(76)92-82)90-78-44-64(86-53(5)16-12-17-54(86)6)21-29-70(78)72-31-23-66(46-80(72)90)88-57(9)38-50(2)39-58(88)10/h11-48H,1-10H3. The second-order valence-electron chi connectivity index (χ2n) is 26.2. The van der Waals surface area contributed by atoms with Crippen molar-refractivity contribution in [1.29, 1.82) is 0 Å². The van der Waals surface area contributed by atoms with Crippen LogP contribution in [-0.2, 0) is 0 Å². The van der Waals surface area contributed by atoms with Crippen molar-refractivity contribution >= 4 is 87.5 Å². The Bertz CT molecular complexity index is 5560. The van der Waals surface area contributed by atoms with Crippen molar-refractivity contribution in [3.8, 4) is 78.1 Å². The first kappa shape index (κ1) is 55.2. The number of aromatic nitrogens is 2. The van der Waals surface area contributed by atoms with Gasteiger partial charge in [0.1, 0.15) is 22.3 Å². The fourth-order valence-electron chi connectivity index (χ4n) is 16.1. The van der Waals surface area contributed by atoms with Crippen LogP contribution in [0.3, 0.4) is 0 Å². The van der Waals surface area contributed by atoms with Crippen LogP contribution in [0.5, 0.6) is 0 Å². The summed E-state index contributed by atoms with van der Waals surface area (Å²) in [6.45, 7) is 22.2. The van der Waals surface area contributed by atoms with Gasteiger partial charge in [-0.2, -0.15) is 0 Å². The van der Waals surface area contributed by atoms with Crippen LogP contribution in [0.25, 0.3) is 166 Å². The first-order valence-corrected chi connectivity index (χ1v) is 32.2. The average Bonchev–Trinajstić information content (AvgIpc) is 1.58. The van der Waals surface area contributed by atoms with Gasteiger partial charge in [-0.05, 0) is 272 Å². The summed E-state index contributed by atoms with van der Waals surface area (Å²) in [5.74, 6) is 0. The molecule has 0 saturated heterocycles. The van der Waals surface area contributed by atoms with Gasteiger partial charge in [-0.3, -0.25) is 0 Å². The van der Waals surface area contributed by atoms with E-state index in [-0.39, 0.29) is 0 Å². The number of hydrogen-bond acceptors (Lipinski definition) is 2. The van der Waals surface area contributed by atoms with Crippen molar-refractivity contribution in [3.63, 3.8) is 0 Å². The van der Waals surface area contributed by atoms with E-state index in [1.807, 2.05) is 0 Å². The Kier molecular flexibility index (Phi) is 12.5. The molecule has 0 fully saturated rings. The zero-order valence-corrected chi connectivity index (χ0v) is 53.7. The van der Waals surface area contributed by atoms with Crippen molar-refractivity contribution < 1.29 is 8.83 Å². The van der Waals surface area contributed by atoms with Gasteiger partial charge in [0, 0.05) is 54.5 Å². The second-order valence-corrected chi connectivity index (χ2v) is 26.2. The van der Waals surface area contributed by atoms with E-state index in [4.69, 9.17) is 8.83 Å². The molecule has 0 aliphatic rings. The molecule has 4 nitrogen and oxygen atoms in total. The number of furan rings is 2. The second kappa shape index (κ2) is 20.8. The Hall–Kier alpha value is -10.9. The summed E-state index contributed by atoms with van der Waals surface area (Å²) in [6.07, 6.45) is 0. The predicted octanol–water partition coefficient (Wildman–Crippen LogP) is 24.8. The van der Waals surface area contributed by atoms with Gasteiger partial charge < -0.3 is 18.0 Å². The molecule has 4 aromatic heterocycles. The molecular formula is C88H68N2O2. The maximum absolute atomic E-state index is 6.69. The SMILES string of the molecule is Cc1cc(C)c(-c2ccc3c4ccc(-c5c(C)cccc5C)cc4n(-c4ccc5oc6ccc(-c7cccc(-c8ccc9oc%10ccc(-n%11c%12cc(-c%13c(C)cccc%13C)ccc%12c%12ccc(-c%13c(C)cc(C)cc%13C)cc%12%11)cc%10c9c8)c7)cc6c5c4)c3c2)c(C)c1. The summed E-state index contributed by atoms with van der Waals surface area (Å²) < 4.78 is 18.3. The van der Waals surface area contributed by atoms with E-state index in [2.05, 4.69) is 309 Å². The molecule has 17 rings (SSSR count). The molecule has 0 aliphatic carbocycles. The van der Waals surface area contributed by atoms with Crippen LogP contribution in [0.1, 0.15) is 55.6 Å². The number of fused-ring (bicyclic) bond motifs is 12. The van der Waals surface area contributed by atoms with Crippen LogP contribution >= 0.6 is 0 Å². The normalized spacial score (nSPS) is 12.0. The van der Waals surface area contributed by atoms with E-state index >= 15 is 0 Å². The molecule has 13 aromatic carbocycles. The summed E-state index contributed by atoms with van der Waals surface area (Å²) in [7, 11) is 0. The van der Waals surface area contributed by atoms with Crippen molar-refractivity contribution in [3.05, 3.63) is 286 Å². The lowest BCUT2D eigenvalue weighted by molar-refractivity contribution is 0.668. The third-order valence-corrected chi connectivity index (χ3v) is 20.0. The number of hydrogen-bond donors (Lipinski definition) is 0. The molecule has 4 heteroatoms. The zero-order valence-electron chi connectivity index (χ0n) is 53.7. The Balaban J connectivity index is 0.776. The quantitative estimate of drug-likeness (QED) is 0.152. The molecule has 442 valence electrons. The first-order chi connectivity index (χ1) is 44.7. The van der Waals surface area contributed by atoms with Gasteiger partial charge in [0.15, 0.2) is 0 Å². The number of aryl methyl sites for hydroxylation is 10. The summed E-state index contributed by atoms with van der Waals surface area (Å²) in [5, 5.41) is 9.22. The molecule has 17 aromatic rings. The highest BCUT2D eigenvalue weighted by Crippen LogP contribution is 2.45. The fourth-order valence-corrected chi connectivity index (χ4v) is 16.1. The predicted molar refractivity (Wildman–Crippen MR) is 390 cm³/mol. The fraction of sp³-hybridized carbons (Fsp3) is 0.114. The van der Waals surface area contributed by atoms with Gasteiger partial charge in [0.25, 0.3) is 0 Å². The average molecular weight is 1190 g/mol. The van der Waals surface area contributed by atoms with Gasteiger partial charge >= 0.3 is 0 Å². The third kappa shape index (κ3) is 8.72. The Labute approximate surface area is 535 Å². The van der Waals surface area contributed by atoms with Crippen LogP contribution in [-0.4, -0.2) is 9.13 Å². The summed E-state index contributed by atoms with van der Waals surface area (Å²) in [6, 6.07) is 86.3. The van der Waals surface area contributed by atoms with Gasteiger partial charge in [0.05, 0.1) is 22.1 Å². The van der Waals surface area contributed by atoms with Crippen LogP contribution in [0.4, 0.5) is 0 Å². The molecule has 0 N–H and O–H groups in total. The molecule has 0 bridgehead atoms. The van der Waals surface area contributed by atoms with Crippen molar-refractivity contribution in [2.75, 3.05) is 0 Å². The van der Waals surface area contributed by atoms with Crippen molar-refractivity contribution in [2.24, 2.45) is 0 Å². The van der Waals surface area contributed by atoms with E-state index in [0.29, 0.717) is 0 Å². The maximum atomic E-state index is 6.69. The Morgan fingerprint density at radius 2 is 0.478 bits per heavy atom. The minimum atomic E-state index is 0.861. The highest BCUT2D eigenvalue weighted by atomic mass is 16.3. The first-order valence-electron chi connectivity index (χ1n) is 32.2. The largest absolute Gasteiger partial charge is 0.456 e. The van der Waals surface area contributed by atoms with E-state index in [9.17, 15) is 0 Å². The molecule has 92 heavy (non-hydrogen) atoms. The molecule has 4 heterocycles. The molecule has 0 unspecified atom stereocenters. The number of rotatable bonds is 8. The van der Waals surface area contributed by atoms with E-state index in [1.165, 1.54) is 144 Å². The number of benzene rings is 13. The van der Waals surface area contributed by atoms with E-state index in [0.717, 1.165) is 77.5 Å². The lowest BCUT2D eigenvalue weighted by Crippen LogP contribution is -1.95. The third-order valence-electron chi connectivity index (χ3n) is 20.0. The topological polar surface area (TPSA) is 36.1 Å². The van der Waals surface area contributed by atoms with Gasteiger partial charge in [-0.1, -0.05) is 151 Å². The minimum Gasteiger partial charge on any atom is -0.456 e. The minimum absolute atomic E-state index is 0.861. The van der Waals surface area contributed by atoms with E-state index in [1.54, 1.807) is 0 Å². The van der Waals surface area contributed by atoms with Crippen molar-refractivity contribution in [1.82, 2.24) is 9.13 Å². The lowest BCUT2D eigenvalue weighted by Gasteiger charge is -2.14. The highest BCUT2D eigenvalue weighted by Gasteiger charge is 2.22. The van der Waals surface area contributed by atoms with Crippen LogP contribution < -0.4 is 0 Å². The lowest BCUT2D eigenvalue weighted by atomic mass is 9.93. The summed E-state index contributed by atoms with van der Waals surface area (Å²) >= 11 is 0. The molecule has 0 radical (unpaired) electrons. The summed E-state index contributed by atoms with van der Waals surface area (Å²) in [4.78, 5) is 0. The molecular weight excluding hydrogens is 1120 g/mol. The monoisotopic (exact) mass is 1180 g/mol. The Morgan fingerprint density at radius 1 is 0.207 bits per heavy atom. The molecule has 0 aliphatic heterocycles. The van der Waals surface area contributed by atoms with Crippen LogP contribution in [0.15, 0.2) is 239 Å². The van der Waals surface area contributed by atoms with Gasteiger partial charge in [0.2, 0.25) is 0 Å². The van der Waals surface area contributed by atoms with Crippen LogP contribution in [0.2, 0.25) is 0 Å². The highest BCUT2D eigenvalue weighted by molar-refractivity contribution is 6.15. The smallest absolute Gasteiger partial charge is 0.135 e. The molecule has 0 amide bonds.